The highest BCUT2D eigenvalue weighted by Gasteiger charge is 2.11. The normalized spacial score (nSPS) is 11.6. The molecule has 1 rings (SSSR count). The van der Waals surface area contributed by atoms with Crippen molar-refractivity contribution in [2.24, 2.45) is 5.73 Å². The van der Waals surface area contributed by atoms with Crippen LogP contribution in [0.2, 0.25) is 0 Å². The van der Waals surface area contributed by atoms with Crippen LogP contribution in [-0.4, -0.2) is 38.2 Å². The lowest BCUT2D eigenvalue weighted by molar-refractivity contribution is -0.118. The van der Waals surface area contributed by atoms with Gasteiger partial charge in [-0.1, -0.05) is 6.07 Å². The SMILES string of the molecule is CCNC(=O)Nc1cccc(NC(=O)CC(CN)OC)c1. The Balaban J connectivity index is 2.59. The van der Waals surface area contributed by atoms with Crippen molar-refractivity contribution in [3.8, 4) is 0 Å². The standard InChI is InChI=1S/C14H22N4O3/c1-3-16-14(20)18-11-6-4-5-10(7-11)17-13(19)8-12(9-15)21-2/h4-7,12H,3,8-9,15H2,1-2H3,(H,17,19)(H2,16,18,20). The molecule has 0 bridgehead atoms. The molecular formula is C14H22N4O3. The fraction of sp³-hybridized carbons (Fsp3) is 0.429. The predicted molar refractivity (Wildman–Crippen MR) is 82.2 cm³/mol. The Morgan fingerprint density at radius 3 is 2.52 bits per heavy atom. The highest BCUT2D eigenvalue weighted by Crippen LogP contribution is 2.15. The number of hydrogen-bond acceptors (Lipinski definition) is 4. The quantitative estimate of drug-likeness (QED) is 0.605. The average molecular weight is 294 g/mol. The maximum absolute atomic E-state index is 11.8. The minimum Gasteiger partial charge on any atom is -0.380 e. The van der Waals surface area contributed by atoms with Gasteiger partial charge >= 0.3 is 6.03 Å². The van der Waals surface area contributed by atoms with E-state index in [4.69, 9.17) is 10.5 Å². The number of carbonyl (C=O) groups is 2. The summed E-state index contributed by atoms with van der Waals surface area (Å²) in [6.07, 6.45) is -0.123. The Morgan fingerprint density at radius 2 is 1.95 bits per heavy atom. The van der Waals surface area contributed by atoms with E-state index < -0.39 is 0 Å². The van der Waals surface area contributed by atoms with Crippen molar-refractivity contribution in [2.75, 3.05) is 30.8 Å². The first-order valence-electron chi connectivity index (χ1n) is 6.76. The fourth-order valence-electron chi connectivity index (χ4n) is 1.69. The van der Waals surface area contributed by atoms with Crippen LogP contribution < -0.4 is 21.7 Å². The molecule has 0 aromatic heterocycles. The van der Waals surface area contributed by atoms with E-state index in [0.29, 0.717) is 17.9 Å². The summed E-state index contributed by atoms with van der Waals surface area (Å²) in [6.45, 7) is 2.66. The number of anilines is 2. The molecule has 1 unspecified atom stereocenters. The van der Waals surface area contributed by atoms with E-state index in [1.807, 2.05) is 6.92 Å². The summed E-state index contributed by atoms with van der Waals surface area (Å²) in [4.78, 5) is 23.3. The van der Waals surface area contributed by atoms with Crippen LogP contribution in [-0.2, 0) is 9.53 Å². The van der Waals surface area contributed by atoms with E-state index in [0.717, 1.165) is 0 Å². The lowest BCUT2D eigenvalue weighted by atomic mass is 10.2. The Kier molecular flexibility index (Phi) is 7.20. The number of nitrogens with one attached hydrogen (secondary N) is 3. The van der Waals surface area contributed by atoms with Gasteiger partial charge in [-0.15, -0.1) is 0 Å². The van der Waals surface area contributed by atoms with Gasteiger partial charge in [-0.2, -0.15) is 0 Å². The lowest BCUT2D eigenvalue weighted by Gasteiger charge is -2.13. The van der Waals surface area contributed by atoms with Gasteiger partial charge in [0.25, 0.3) is 0 Å². The van der Waals surface area contributed by atoms with Gasteiger partial charge in [0, 0.05) is 31.6 Å². The van der Waals surface area contributed by atoms with E-state index in [-0.39, 0.29) is 31.0 Å². The number of carbonyl (C=O) groups excluding carboxylic acids is 2. The van der Waals surface area contributed by atoms with Crippen molar-refractivity contribution in [3.05, 3.63) is 24.3 Å². The minimum atomic E-state index is -0.304. The van der Waals surface area contributed by atoms with E-state index in [1.54, 1.807) is 24.3 Å². The fourth-order valence-corrected chi connectivity index (χ4v) is 1.69. The van der Waals surface area contributed by atoms with Crippen LogP contribution in [0.5, 0.6) is 0 Å². The third-order valence-electron chi connectivity index (χ3n) is 2.75. The van der Waals surface area contributed by atoms with E-state index in [2.05, 4.69) is 16.0 Å². The third-order valence-corrected chi connectivity index (χ3v) is 2.75. The number of rotatable bonds is 7. The van der Waals surface area contributed by atoms with E-state index >= 15 is 0 Å². The van der Waals surface area contributed by atoms with E-state index in [9.17, 15) is 9.59 Å². The van der Waals surface area contributed by atoms with Crippen LogP contribution in [0.4, 0.5) is 16.2 Å². The van der Waals surface area contributed by atoms with Crippen LogP contribution in [0.15, 0.2) is 24.3 Å². The Hall–Kier alpha value is -2.12. The zero-order valence-electron chi connectivity index (χ0n) is 12.3. The predicted octanol–water partition coefficient (Wildman–Crippen LogP) is 1.13. The summed E-state index contributed by atoms with van der Waals surface area (Å²) in [5.74, 6) is -0.192. The number of benzene rings is 1. The molecule has 116 valence electrons. The molecule has 7 heteroatoms. The van der Waals surface area contributed by atoms with Gasteiger partial charge in [0.15, 0.2) is 0 Å². The smallest absolute Gasteiger partial charge is 0.319 e. The second-order valence-electron chi connectivity index (χ2n) is 4.41. The lowest BCUT2D eigenvalue weighted by Crippen LogP contribution is -2.28. The number of hydrogen-bond donors (Lipinski definition) is 4. The van der Waals surface area contributed by atoms with Crippen LogP contribution in [0.25, 0.3) is 0 Å². The monoisotopic (exact) mass is 294 g/mol. The summed E-state index contributed by atoms with van der Waals surface area (Å²) in [5.41, 5.74) is 6.67. The van der Waals surface area contributed by atoms with Crippen LogP contribution >= 0.6 is 0 Å². The van der Waals surface area contributed by atoms with Crippen molar-refractivity contribution in [3.63, 3.8) is 0 Å². The molecule has 3 amide bonds. The van der Waals surface area contributed by atoms with Gasteiger partial charge in [0.1, 0.15) is 0 Å². The molecular weight excluding hydrogens is 272 g/mol. The molecule has 1 atom stereocenters. The average Bonchev–Trinajstić information content (AvgIpc) is 2.45. The zero-order chi connectivity index (χ0) is 15.7. The van der Waals surface area contributed by atoms with E-state index in [1.165, 1.54) is 7.11 Å². The summed E-state index contributed by atoms with van der Waals surface area (Å²) >= 11 is 0. The maximum Gasteiger partial charge on any atom is 0.319 e. The molecule has 0 radical (unpaired) electrons. The molecule has 0 heterocycles. The highest BCUT2D eigenvalue weighted by atomic mass is 16.5. The molecule has 7 nitrogen and oxygen atoms in total. The second kappa shape index (κ2) is 8.93. The van der Waals surface area contributed by atoms with Gasteiger partial charge in [-0.25, -0.2) is 4.79 Å². The topological polar surface area (TPSA) is 105 Å². The number of ether oxygens (including phenoxy) is 1. The van der Waals surface area contributed by atoms with Gasteiger partial charge in [0.2, 0.25) is 5.91 Å². The first-order chi connectivity index (χ1) is 10.1. The summed E-state index contributed by atoms with van der Waals surface area (Å²) in [7, 11) is 1.52. The molecule has 0 aliphatic rings. The van der Waals surface area contributed by atoms with Crippen molar-refractivity contribution >= 4 is 23.3 Å². The van der Waals surface area contributed by atoms with Crippen molar-refractivity contribution in [1.82, 2.24) is 5.32 Å². The number of amides is 3. The summed E-state index contributed by atoms with van der Waals surface area (Å²) in [6, 6.07) is 6.61. The van der Waals surface area contributed by atoms with Gasteiger partial charge < -0.3 is 26.4 Å². The zero-order valence-corrected chi connectivity index (χ0v) is 12.3. The molecule has 1 aromatic carbocycles. The molecule has 0 saturated heterocycles. The maximum atomic E-state index is 11.8. The summed E-state index contributed by atoms with van der Waals surface area (Å²) < 4.78 is 5.06. The first-order valence-corrected chi connectivity index (χ1v) is 6.76. The van der Waals surface area contributed by atoms with Gasteiger partial charge in [-0.05, 0) is 25.1 Å². The molecule has 21 heavy (non-hydrogen) atoms. The number of methoxy groups -OCH3 is 1. The Labute approximate surface area is 124 Å². The minimum absolute atomic E-state index is 0.182. The molecule has 1 aromatic rings. The summed E-state index contributed by atoms with van der Waals surface area (Å²) in [5, 5.41) is 8.04. The Bertz CT molecular complexity index is 475. The van der Waals surface area contributed by atoms with Gasteiger partial charge in [0.05, 0.1) is 12.5 Å². The molecule has 5 N–H and O–H groups in total. The molecule has 0 saturated carbocycles. The molecule has 0 spiro atoms. The van der Waals surface area contributed by atoms with Crippen LogP contribution in [0.1, 0.15) is 13.3 Å². The Morgan fingerprint density at radius 1 is 1.29 bits per heavy atom. The highest BCUT2D eigenvalue weighted by molar-refractivity contribution is 5.93. The van der Waals surface area contributed by atoms with Gasteiger partial charge in [-0.3, -0.25) is 4.79 Å². The largest absolute Gasteiger partial charge is 0.380 e. The first kappa shape index (κ1) is 16.9. The van der Waals surface area contributed by atoms with Crippen LogP contribution in [0, 0.1) is 0 Å². The van der Waals surface area contributed by atoms with Crippen LogP contribution in [0.3, 0.4) is 0 Å². The molecule has 0 fully saturated rings. The van der Waals surface area contributed by atoms with Crippen molar-refractivity contribution in [1.29, 1.82) is 0 Å². The second-order valence-corrected chi connectivity index (χ2v) is 4.41. The van der Waals surface area contributed by atoms with Crippen molar-refractivity contribution < 1.29 is 14.3 Å². The molecule has 0 aliphatic heterocycles. The number of urea groups is 1. The van der Waals surface area contributed by atoms with Crippen molar-refractivity contribution in [2.45, 2.75) is 19.4 Å². The third kappa shape index (κ3) is 6.24. The molecule has 0 aliphatic carbocycles. The number of nitrogens with two attached hydrogens (primary N) is 1.